The third-order valence-electron chi connectivity index (χ3n) is 8.35. The number of rotatable bonds is 16. The molecule has 17 nitrogen and oxygen atoms in total. The number of fused-ring (bicyclic) bond motifs is 5. The molecule has 1 aliphatic rings. The second kappa shape index (κ2) is 18.5. The van der Waals surface area contributed by atoms with Crippen molar-refractivity contribution < 1.29 is 38.7 Å². The van der Waals surface area contributed by atoms with E-state index in [1.165, 1.54) is 0 Å². The molecule has 2 heterocycles. The van der Waals surface area contributed by atoms with Crippen LogP contribution in [0.25, 0.3) is 22.5 Å². The summed E-state index contributed by atoms with van der Waals surface area (Å²) in [5, 5.41) is 30.3. The van der Waals surface area contributed by atoms with Crippen molar-refractivity contribution >= 4 is 46.9 Å². The normalized spacial score (nSPS) is 12.3. The number of anilines is 1. The van der Waals surface area contributed by atoms with Crippen LogP contribution in [0.4, 0.5) is 5.69 Å². The first-order valence-electron chi connectivity index (χ1n) is 17.2. The van der Waals surface area contributed by atoms with Crippen LogP contribution in [-0.2, 0) is 40.1 Å². The molecule has 1 atom stereocenters. The minimum Gasteiger partial charge on any atom is -0.394 e. The number of benzene rings is 2. The summed E-state index contributed by atoms with van der Waals surface area (Å²) in [5.41, 5.74) is 4.54. The smallest absolute Gasteiger partial charge is 0.245 e. The van der Waals surface area contributed by atoms with Crippen molar-refractivity contribution in [2.75, 3.05) is 37.7 Å². The topological polar surface area (TPSA) is 234 Å². The van der Waals surface area contributed by atoms with Crippen LogP contribution in [0.15, 0.2) is 48.5 Å². The maximum absolute atomic E-state index is 13.8. The SMILES string of the molecule is CC(C)C(=O)CNC(=O)CNC(=O)CNC(=O)CNC(=O)[C@H](CO)NC(=O)CCC(=O)N1Cc2ccccc2-c2c(nnn2C(C)C)-c2ccccc21. The number of ketones is 1. The first kappa shape index (κ1) is 39.8. The first-order valence-corrected chi connectivity index (χ1v) is 17.2. The number of aromatic nitrogens is 3. The number of nitrogens with one attached hydrogen (secondary N) is 5. The average molecular weight is 732 g/mol. The molecule has 0 aliphatic carbocycles. The number of aliphatic hydroxyl groups is 1. The Morgan fingerprint density at radius 3 is 1.94 bits per heavy atom. The van der Waals surface area contributed by atoms with Gasteiger partial charge in [-0.25, -0.2) is 4.68 Å². The van der Waals surface area contributed by atoms with Crippen molar-refractivity contribution in [3.63, 3.8) is 0 Å². The molecule has 0 unspecified atom stereocenters. The van der Waals surface area contributed by atoms with Gasteiger partial charge in [0, 0.05) is 35.9 Å². The van der Waals surface area contributed by atoms with Crippen LogP contribution in [0.5, 0.6) is 0 Å². The van der Waals surface area contributed by atoms with E-state index in [9.17, 15) is 38.7 Å². The van der Waals surface area contributed by atoms with Gasteiger partial charge in [0.2, 0.25) is 35.4 Å². The average Bonchev–Trinajstić information content (AvgIpc) is 3.58. The molecule has 1 aromatic heterocycles. The molecule has 4 rings (SSSR count). The third kappa shape index (κ3) is 10.5. The predicted molar refractivity (Wildman–Crippen MR) is 193 cm³/mol. The Labute approximate surface area is 306 Å². The van der Waals surface area contributed by atoms with Gasteiger partial charge in [-0.15, -0.1) is 5.10 Å². The molecule has 0 radical (unpaired) electrons. The Morgan fingerprint density at radius 2 is 1.32 bits per heavy atom. The summed E-state index contributed by atoms with van der Waals surface area (Å²) in [5.74, 6) is -4.30. The van der Waals surface area contributed by atoms with E-state index in [1.54, 1.807) is 18.7 Å². The fraction of sp³-hybridized carbons (Fsp3) is 0.417. The highest BCUT2D eigenvalue weighted by atomic mass is 16.3. The summed E-state index contributed by atoms with van der Waals surface area (Å²) < 4.78 is 1.86. The lowest BCUT2D eigenvalue weighted by Gasteiger charge is -2.29. The highest BCUT2D eigenvalue weighted by Gasteiger charge is 2.30. The maximum Gasteiger partial charge on any atom is 0.245 e. The zero-order chi connectivity index (χ0) is 38.7. The van der Waals surface area contributed by atoms with Crippen LogP contribution in [0.1, 0.15) is 52.1 Å². The molecule has 0 saturated carbocycles. The van der Waals surface area contributed by atoms with Gasteiger partial charge in [-0.1, -0.05) is 61.5 Å². The van der Waals surface area contributed by atoms with Crippen LogP contribution < -0.4 is 31.5 Å². The molecular formula is C36H45N9O8. The van der Waals surface area contributed by atoms with E-state index in [1.807, 2.05) is 67.1 Å². The Kier molecular flexibility index (Phi) is 13.9. The predicted octanol–water partition coefficient (Wildman–Crippen LogP) is -0.0132. The maximum atomic E-state index is 13.8. The molecule has 2 aromatic carbocycles. The van der Waals surface area contributed by atoms with Gasteiger partial charge >= 0.3 is 0 Å². The monoisotopic (exact) mass is 731 g/mol. The van der Waals surface area contributed by atoms with Crippen molar-refractivity contribution in [3.8, 4) is 22.5 Å². The lowest BCUT2D eigenvalue weighted by molar-refractivity contribution is -0.132. The van der Waals surface area contributed by atoms with Crippen LogP contribution in [0.2, 0.25) is 0 Å². The lowest BCUT2D eigenvalue weighted by Crippen LogP contribution is -2.51. The largest absolute Gasteiger partial charge is 0.394 e. The molecule has 17 heteroatoms. The Hall–Kier alpha value is -5.97. The Morgan fingerprint density at radius 1 is 0.736 bits per heavy atom. The van der Waals surface area contributed by atoms with E-state index in [0.717, 1.165) is 16.8 Å². The van der Waals surface area contributed by atoms with Gasteiger partial charge in [0.25, 0.3) is 0 Å². The number of amides is 6. The van der Waals surface area contributed by atoms with Crippen molar-refractivity contribution in [1.82, 2.24) is 41.6 Å². The van der Waals surface area contributed by atoms with Gasteiger partial charge in [0.15, 0.2) is 5.78 Å². The number of carbonyl (C=O) groups is 7. The summed E-state index contributed by atoms with van der Waals surface area (Å²) in [6.45, 7) is 5.24. The number of carbonyl (C=O) groups excluding carboxylic acids is 7. The van der Waals surface area contributed by atoms with Crippen molar-refractivity contribution in [2.45, 2.75) is 59.2 Å². The number of hydrogen-bond acceptors (Lipinski definition) is 10. The van der Waals surface area contributed by atoms with Crippen molar-refractivity contribution in [3.05, 3.63) is 54.1 Å². The fourth-order valence-electron chi connectivity index (χ4n) is 5.41. The second-order valence-corrected chi connectivity index (χ2v) is 13.0. The van der Waals surface area contributed by atoms with Crippen LogP contribution in [-0.4, -0.2) is 100 Å². The summed E-state index contributed by atoms with van der Waals surface area (Å²) in [7, 11) is 0. The van der Waals surface area contributed by atoms with Gasteiger partial charge in [-0.05, 0) is 25.5 Å². The molecular weight excluding hydrogens is 686 g/mol. The highest BCUT2D eigenvalue weighted by molar-refractivity contribution is 6.01. The Balaban J connectivity index is 1.28. The second-order valence-electron chi connectivity index (χ2n) is 13.0. The van der Waals surface area contributed by atoms with E-state index in [4.69, 9.17) is 0 Å². The van der Waals surface area contributed by atoms with E-state index in [0.29, 0.717) is 16.9 Å². The standard InChI is InChI=1S/C36H45N9O8/c1-21(2)28(47)15-37-30(49)16-38-31(50)17-39-32(51)18-40-36(53)26(20-46)41-29(48)13-14-33(52)44-19-23-9-5-6-10-24(23)35-34(42-43-45(35)22(3)4)25-11-7-8-12-27(25)44/h5-12,21-22,26,46H,13-20H2,1-4H3,(H,37,49)(H,38,50)(H,39,51)(H,40,53)(H,41,48)/t26-/m0/s1. The number of para-hydroxylation sites is 1. The minimum atomic E-state index is -1.41. The molecule has 282 valence electrons. The van der Waals surface area contributed by atoms with Crippen molar-refractivity contribution in [2.24, 2.45) is 5.92 Å². The number of nitrogens with zero attached hydrogens (tertiary/aromatic N) is 4. The molecule has 3 aromatic rings. The van der Waals surface area contributed by atoms with Crippen LogP contribution >= 0.6 is 0 Å². The van der Waals surface area contributed by atoms with E-state index < -0.39 is 61.8 Å². The summed E-state index contributed by atoms with van der Waals surface area (Å²) in [6.07, 6.45) is -0.505. The molecule has 6 N–H and O–H groups in total. The highest BCUT2D eigenvalue weighted by Crippen LogP contribution is 2.41. The van der Waals surface area contributed by atoms with Crippen molar-refractivity contribution in [1.29, 1.82) is 0 Å². The minimum absolute atomic E-state index is 0.0321. The fourth-order valence-corrected chi connectivity index (χ4v) is 5.41. The van der Waals surface area contributed by atoms with Gasteiger partial charge < -0.3 is 36.6 Å². The Bertz CT molecular complexity index is 1860. The summed E-state index contributed by atoms with van der Waals surface area (Å²) in [4.78, 5) is 88.4. The molecule has 6 amide bonds. The van der Waals surface area contributed by atoms with Gasteiger partial charge in [-0.2, -0.15) is 0 Å². The first-order chi connectivity index (χ1) is 25.3. The molecule has 0 spiro atoms. The van der Waals surface area contributed by atoms with Crippen LogP contribution in [0.3, 0.4) is 0 Å². The van der Waals surface area contributed by atoms with E-state index in [-0.39, 0.29) is 49.6 Å². The zero-order valence-corrected chi connectivity index (χ0v) is 30.1. The molecule has 53 heavy (non-hydrogen) atoms. The molecule has 0 fully saturated rings. The number of Topliss-reactive ketones (excluding diaryl/α,β-unsaturated/α-hetero) is 1. The van der Waals surface area contributed by atoms with Crippen LogP contribution in [0, 0.1) is 5.92 Å². The van der Waals surface area contributed by atoms with E-state index >= 15 is 0 Å². The molecule has 1 aliphatic heterocycles. The number of aliphatic hydroxyl groups excluding tert-OH is 1. The van der Waals surface area contributed by atoms with Gasteiger partial charge in [-0.3, -0.25) is 33.6 Å². The zero-order valence-electron chi connectivity index (χ0n) is 30.1. The summed E-state index contributed by atoms with van der Waals surface area (Å²) in [6, 6.07) is 13.7. The summed E-state index contributed by atoms with van der Waals surface area (Å²) >= 11 is 0. The quantitative estimate of drug-likeness (QED) is 0.115. The van der Waals surface area contributed by atoms with Gasteiger partial charge in [0.1, 0.15) is 11.7 Å². The van der Waals surface area contributed by atoms with E-state index in [2.05, 4.69) is 36.9 Å². The number of hydrogen-bond donors (Lipinski definition) is 6. The molecule has 0 bridgehead atoms. The third-order valence-corrected chi connectivity index (χ3v) is 8.35. The van der Waals surface area contributed by atoms with Gasteiger partial charge in [0.05, 0.1) is 50.7 Å². The molecule has 0 saturated heterocycles. The lowest BCUT2D eigenvalue weighted by atomic mass is 9.95.